The number of thiazole rings is 1. The first-order valence-corrected chi connectivity index (χ1v) is 12.1. The molecule has 7 heteroatoms. The van der Waals surface area contributed by atoms with Crippen LogP contribution in [0.2, 0.25) is 0 Å². The third kappa shape index (κ3) is 4.16. The summed E-state index contributed by atoms with van der Waals surface area (Å²) in [5, 5.41) is 9.88. The summed E-state index contributed by atoms with van der Waals surface area (Å²) >= 11 is 1.62. The standard InChI is InChI=1S/C24H31N5OS/c1-27-22-11-10-21(30-2)18-23(22)31-24(27)26-25-19-6-8-20(9-7-19)28-12-16-29(17-13-28)14-4-3-5-15-29/h6-11,18H,3-5,12-17H2,1-2H3/q+2. The van der Waals surface area contributed by atoms with Crippen LogP contribution in [0.3, 0.4) is 0 Å². The van der Waals surface area contributed by atoms with Crippen LogP contribution in [0, 0.1) is 0 Å². The number of hydrogen-bond acceptors (Lipinski definition) is 5. The second-order valence-corrected chi connectivity index (χ2v) is 9.79. The van der Waals surface area contributed by atoms with Crippen molar-refractivity contribution in [3.8, 4) is 5.75 Å². The highest BCUT2D eigenvalue weighted by atomic mass is 32.1. The third-order valence-corrected chi connectivity index (χ3v) is 8.02. The van der Waals surface area contributed by atoms with Gasteiger partial charge in [-0.3, -0.25) is 0 Å². The highest BCUT2D eigenvalue weighted by molar-refractivity contribution is 7.21. The van der Waals surface area contributed by atoms with Crippen molar-refractivity contribution in [3.05, 3.63) is 42.5 Å². The zero-order chi connectivity index (χ0) is 21.3. The van der Waals surface area contributed by atoms with Crippen molar-refractivity contribution in [1.29, 1.82) is 0 Å². The number of anilines is 1. The highest BCUT2D eigenvalue weighted by Gasteiger charge is 2.34. The normalized spacial score (nSPS) is 18.8. The minimum absolute atomic E-state index is 0.861. The van der Waals surface area contributed by atoms with Crippen molar-refractivity contribution in [2.75, 3.05) is 51.3 Å². The Morgan fingerprint density at radius 2 is 1.68 bits per heavy atom. The van der Waals surface area contributed by atoms with Gasteiger partial charge in [0.1, 0.15) is 17.0 Å². The van der Waals surface area contributed by atoms with Crippen LogP contribution in [0.25, 0.3) is 10.2 Å². The zero-order valence-electron chi connectivity index (χ0n) is 18.5. The lowest BCUT2D eigenvalue weighted by Gasteiger charge is -2.47. The monoisotopic (exact) mass is 437 g/mol. The number of azo groups is 1. The number of aromatic nitrogens is 1. The molecule has 0 N–H and O–H groups in total. The number of aryl methyl sites for hydroxylation is 1. The molecule has 2 saturated heterocycles. The SMILES string of the molecule is COc1ccc2c(c1)sc(N=Nc1ccc(N3CC[N+]4(CCCCC4)CC3)cc1)[n+]2C. The fraction of sp³-hybridized carbons (Fsp3) is 0.458. The summed E-state index contributed by atoms with van der Waals surface area (Å²) < 4.78 is 9.90. The number of methoxy groups -OCH3 is 1. The second kappa shape index (κ2) is 8.55. The summed E-state index contributed by atoms with van der Waals surface area (Å²) in [5.41, 5.74) is 3.32. The third-order valence-electron chi connectivity index (χ3n) is 6.94. The lowest BCUT2D eigenvalue weighted by atomic mass is 10.1. The molecule has 2 fully saturated rings. The van der Waals surface area contributed by atoms with Crippen molar-refractivity contribution < 1.29 is 13.8 Å². The van der Waals surface area contributed by atoms with E-state index in [9.17, 15) is 0 Å². The highest BCUT2D eigenvalue weighted by Crippen LogP contribution is 2.31. The molecule has 2 aliphatic heterocycles. The molecule has 31 heavy (non-hydrogen) atoms. The van der Waals surface area contributed by atoms with Crippen molar-refractivity contribution >= 4 is 38.1 Å². The average molecular weight is 438 g/mol. The fourth-order valence-corrected chi connectivity index (χ4v) is 5.94. The molecule has 0 unspecified atom stereocenters. The van der Waals surface area contributed by atoms with E-state index in [-0.39, 0.29) is 0 Å². The van der Waals surface area contributed by atoms with Gasteiger partial charge in [-0.25, -0.2) is 4.57 Å². The van der Waals surface area contributed by atoms with E-state index in [0.717, 1.165) is 39.9 Å². The van der Waals surface area contributed by atoms with Gasteiger partial charge < -0.3 is 14.1 Å². The van der Waals surface area contributed by atoms with Crippen molar-refractivity contribution in [3.63, 3.8) is 0 Å². The van der Waals surface area contributed by atoms with Crippen LogP contribution in [0.5, 0.6) is 5.75 Å². The minimum atomic E-state index is 0.861. The van der Waals surface area contributed by atoms with Crippen LogP contribution in [0.15, 0.2) is 52.7 Å². The molecule has 0 aliphatic carbocycles. The Labute approximate surface area is 188 Å². The summed E-state index contributed by atoms with van der Waals surface area (Å²) in [6.07, 6.45) is 4.24. The summed E-state index contributed by atoms with van der Waals surface area (Å²) in [4.78, 5) is 2.53. The molecule has 0 saturated carbocycles. The predicted octanol–water partition coefficient (Wildman–Crippen LogP) is 4.97. The largest absolute Gasteiger partial charge is 0.497 e. The number of ether oxygens (including phenoxy) is 1. The molecular weight excluding hydrogens is 406 g/mol. The van der Waals surface area contributed by atoms with Gasteiger partial charge in [-0.05, 0) is 72.1 Å². The first-order chi connectivity index (χ1) is 15.2. The molecule has 3 aromatic rings. The number of quaternary nitrogens is 1. The average Bonchev–Trinajstić information content (AvgIpc) is 3.14. The summed E-state index contributed by atoms with van der Waals surface area (Å²) in [6, 6.07) is 14.6. The van der Waals surface area contributed by atoms with Crippen LogP contribution in [-0.4, -0.2) is 50.9 Å². The predicted molar refractivity (Wildman–Crippen MR) is 126 cm³/mol. The lowest BCUT2D eigenvalue weighted by Crippen LogP contribution is -2.61. The van der Waals surface area contributed by atoms with Gasteiger partial charge in [0.25, 0.3) is 0 Å². The van der Waals surface area contributed by atoms with E-state index in [4.69, 9.17) is 4.74 Å². The maximum atomic E-state index is 5.33. The Hall–Kier alpha value is -2.51. The molecule has 5 rings (SSSR count). The maximum absolute atomic E-state index is 5.33. The van der Waals surface area contributed by atoms with Gasteiger partial charge in [-0.1, -0.05) is 0 Å². The number of piperazine rings is 1. The van der Waals surface area contributed by atoms with Crippen LogP contribution < -0.4 is 14.2 Å². The molecule has 3 heterocycles. The number of benzene rings is 2. The van der Waals surface area contributed by atoms with Crippen molar-refractivity contribution in [2.45, 2.75) is 19.3 Å². The van der Waals surface area contributed by atoms with Crippen LogP contribution in [-0.2, 0) is 7.05 Å². The zero-order valence-corrected chi connectivity index (χ0v) is 19.3. The van der Waals surface area contributed by atoms with E-state index in [1.54, 1.807) is 18.4 Å². The van der Waals surface area contributed by atoms with Gasteiger partial charge in [0.05, 0.1) is 63.2 Å². The summed E-state index contributed by atoms with van der Waals surface area (Å²) in [5.74, 6) is 0.861. The Bertz CT molecular complexity index is 1080. The number of hydrogen-bond donors (Lipinski definition) is 0. The summed E-state index contributed by atoms with van der Waals surface area (Å²) in [7, 11) is 3.72. The van der Waals surface area contributed by atoms with Gasteiger partial charge >= 0.3 is 5.13 Å². The molecule has 6 nitrogen and oxygen atoms in total. The Balaban J connectivity index is 1.26. The topological polar surface area (TPSA) is 41.1 Å². The lowest BCUT2D eigenvalue weighted by molar-refractivity contribution is -0.932. The van der Waals surface area contributed by atoms with E-state index in [1.165, 1.54) is 55.6 Å². The molecule has 1 spiro atoms. The Kier molecular flexibility index (Phi) is 5.63. The Morgan fingerprint density at radius 3 is 2.39 bits per heavy atom. The first kappa shape index (κ1) is 20.4. The molecule has 0 atom stereocenters. The minimum Gasteiger partial charge on any atom is -0.497 e. The number of nitrogens with zero attached hydrogens (tertiary/aromatic N) is 5. The van der Waals surface area contributed by atoms with Gasteiger partial charge in [0.15, 0.2) is 0 Å². The molecular formula is C24H31N5OS+2. The first-order valence-electron chi connectivity index (χ1n) is 11.2. The van der Waals surface area contributed by atoms with Crippen LogP contribution >= 0.6 is 11.3 Å². The van der Waals surface area contributed by atoms with Crippen LogP contribution in [0.1, 0.15) is 19.3 Å². The van der Waals surface area contributed by atoms with Gasteiger partial charge in [-0.2, -0.15) is 0 Å². The summed E-state index contributed by atoms with van der Waals surface area (Å²) in [6.45, 7) is 7.65. The quantitative estimate of drug-likeness (QED) is 0.328. The molecule has 0 amide bonds. The number of fused-ring (bicyclic) bond motifs is 1. The molecule has 162 valence electrons. The van der Waals surface area contributed by atoms with E-state index in [0.29, 0.717) is 0 Å². The van der Waals surface area contributed by atoms with Crippen LogP contribution in [0.4, 0.5) is 16.5 Å². The van der Waals surface area contributed by atoms with E-state index in [1.807, 2.05) is 19.2 Å². The van der Waals surface area contributed by atoms with Gasteiger partial charge in [0.2, 0.25) is 0 Å². The van der Waals surface area contributed by atoms with E-state index in [2.05, 4.69) is 50.0 Å². The fourth-order valence-electron chi connectivity index (χ4n) is 4.95. The number of piperidine rings is 1. The van der Waals surface area contributed by atoms with Crippen molar-refractivity contribution in [2.24, 2.45) is 17.3 Å². The maximum Gasteiger partial charge on any atom is 0.409 e. The second-order valence-electron chi connectivity index (χ2n) is 8.78. The molecule has 2 aromatic carbocycles. The molecule has 0 bridgehead atoms. The molecule has 2 aliphatic rings. The van der Waals surface area contributed by atoms with E-state index < -0.39 is 0 Å². The molecule has 1 aromatic heterocycles. The molecule has 0 radical (unpaired) electrons. The van der Waals surface area contributed by atoms with Gasteiger partial charge in [-0.15, -0.1) is 0 Å². The number of rotatable bonds is 4. The van der Waals surface area contributed by atoms with E-state index >= 15 is 0 Å². The van der Waals surface area contributed by atoms with Gasteiger partial charge in [0, 0.05) is 11.8 Å². The smallest absolute Gasteiger partial charge is 0.409 e. The van der Waals surface area contributed by atoms with Crippen molar-refractivity contribution in [1.82, 2.24) is 0 Å². The Morgan fingerprint density at radius 1 is 0.935 bits per heavy atom.